The molecule has 16 heavy (non-hydrogen) atoms. The highest BCUT2D eigenvalue weighted by Gasteiger charge is 2.17. The Labute approximate surface area is 92.4 Å². The third-order valence-electron chi connectivity index (χ3n) is 2.22. The molecule has 0 saturated carbocycles. The van der Waals surface area contributed by atoms with Crippen molar-refractivity contribution in [2.75, 3.05) is 5.73 Å². The van der Waals surface area contributed by atoms with Crippen molar-refractivity contribution < 1.29 is 14.0 Å². The number of rotatable bonds is 4. The summed E-state index contributed by atoms with van der Waals surface area (Å²) in [6, 6.07) is 2.51. The van der Waals surface area contributed by atoms with Crippen LogP contribution < -0.4 is 11.5 Å². The highest BCUT2D eigenvalue weighted by Crippen LogP contribution is 2.21. The molecule has 0 saturated heterocycles. The standard InChI is InChI=1S/C11H13FN2O2/c1-2-3-8(15)6-4-5-7(11(14)16)9(12)10(6)13/h4-5H,2-3,13H2,1H3,(H2,14,16). The predicted octanol–water partition coefficient (Wildman–Crippen LogP) is 1.49. The van der Waals surface area contributed by atoms with Gasteiger partial charge >= 0.3 is 0 Å². The van der Waals surface area contributed by atoms with Crippen LogP contribution in [0.25, 0.3) is 0 Å². The van der Waals surface area contributed by atoms with Gasteiger partial charge < -0.3 is 11.5 Å². The van der Waals surface area contributed by atoms with E-state index in [0.29, 0.717) is 12.8 Å². The molecule has 0 aliphatic rings. The number of hydrogen-bond acceptors (Lipinski definition) is 3. The van der Waals surface area contributed by atoms with Gasteiger partial charge in [0.25, 0.3) is 5.91 Å². The first-order valence-corrected chi connectivity index (χ1v) is 4.90. The van der Waals surface area contributed by atoms with Crippen LogP contribution in [0.15, 0.2) is 12.1 Å². The lowest BCUT2D eigenvalue weighted by Gasteiger charge is -2.07. The molecule has 0 bridgehead atoms. The summed E-state index contributed by atoms with van der Waals surface area (Å²) in [6.45, 7) is 1.84. The zero-order valence-corrected chi connectivity index (χ0v) is 8.92. The normalized spacial score (nSPS) is 10.1. The zero-order valence-electron chi connectivity index (χ0n) is 8.92. The first-order valence-electron chi connectivity index (χ1n) is 4.90. The van der Waals surface area contributed by atoms with Gasteiger partial charge in [-0.2, -0.15) is 0 Å². The minimum absolute atomic E-state index is 0.101. The molecule has 4 N–H and O–H groups in total. The molecule has 1 aromatic rings. The number of nitrogen functional groups attached to an aromatic ring is 1. The maximum absolute atomic E-state index is 13.5. The van der Waals surface area contributed by atoms with Crippen LogP contribution in [0.2, 0.25) is 0 Å². The number of anilines is 1. The highest BCUT2D eigenvalue weighted by atomic mass is 19.1. The van der Waals surface area contributed by atoms with Crippen molar-refractivity contribution in [1.82, 2.24) is 0 Å². The average molecular weight is 224 g/mol. The molecular formula is C11H13FN2O2. The Morgan fingerprint density at radius 2 is 1.88 bits per heavy atom. The summed E-state index contributed by atoms with van der Waals surface area (Å²) in [6.07, 6.45) is 0.941. The van der Waals surface area contributed by atoms with Crippen LogP contribution in [-0.2, 0) is 0 Å². The summed E-state index contributed by atoms with van der Waals surface area (Å²) in [4.78, 5) is 22.4. The van der Waals surface area contributed by atoms with Crippen LogP contribution in [0.4, 0.5) is 10.1 Å². The second kappa shape index (κ2) is 4.74. The van der Waals surface area contributed by atoms with E-state index in [2.05, 4.69) is 0 Å². The monoisotopic (exact) mass is 224 g/mol. The maximum Gasteiger partial charge on any atom is 0.251 e. The molecule has 4 nitrogen and oxygen atoms in total. The van der Waals surface area contributed by atoms with Gasteiger partial charge in [-0.3, -0.25) is 9.59 Å². The number of carbonyl (C=O) groups is 2. The summed E-state index contributed by atoms with van der Waals surface area (Å²) in [5.41, 5.74) is 9.89. The van der Waals surface area contributed by atoms with Crippen molar-refractivity contribution in [3.05, 3.63) is 29.1 Å². The summed E-state index contributed by atoms with van der Waals surface area (Å²) in [7, 11) is 0. The van der Waals surface area contributed by atoms with Gasteiger partial charge in [-0.1, -0.05) is 6.92 Å². The van der Waals surface area contributed by atoms with Gasteiger partial charge in [-0.25, -0.2) is 4.39 Å². The number of Topliss-reactive ketones (excluding diaryl/α,β-unsaturated/α-hetero) is 1. The molecule has 1 amide bonds. The lowest BCUT2D eigenvalue weighted by atomic mass is 10.0. The Morgan fingerprint density at radius 3 is 2.38 bits per heavy atom. The predicted molar refractivity (Wildman–Crippen MR) is 58.6 cm³/mol. The fraction of sp³-hybridized carbons (Fsp3) is 0.273. The van der Waals surface area contributed by atoms with Gasteiger partial charge in [-0.15, -0.1) is 0 Å². The molecule has 0 aliphatic heterocycles. The lowest BCUT2D eigenvalue weighted by Crippen LogP contribution is -2.16. The van der Waals surface area contributed by atoms with Crippen molar-refractivity contribution in [3.63, 3.8) is 0 Å². The minimum Gasteiger partial charge on any atom is -0.396 e. The number of benzene rings is 1. The topological polar surface area (TPSA) is 86.2 Å². The molecular weight excluding hydrogens is 211 g/mol. The lowest BCUT2D eigenvalue weighted by molar-refractivity contribution is 0.0974. The summed E-state index contributed by atoms with van der Waals surface area (Å²) in [5, 5.41) is 0. The van der Waals surface area contributed by atoms with Crippen molar-refractivity contribution >= 4 is 17.4 Å². The number of ketones is 1. The summed E-state index contributed by atoms with van der Waals surface area (Å²) in [5.74, 6) is -2.07. The van der Waals surface area contributed by atoms with E-state index in [1.807, 2.05) is 6.92 Å². The SMILES string of the molecule is CCCC(=O)c1ccc(C(N)=O)c(F)c1N. The number of hydrogen-bond donors (Lipinski definition) is 2. The Hall–Kier alpha value is -1.91. The van der Waals surface area contributed by atoms with Crippen molar-refractivity contribution in [1.29, 1.82) is 0 Å². The number of primary amides is 1. The van der Waals surface area contributed by atoms with Crippen molar-refractivity contribution in [2.24, 2.45) is 5.73 Å². The Balaban J connectivity index is 3.21. The fourth-order valence-electron chi connectivity index (χ4n) is 1.39. The number of amides is 1. The van der Waals surface area contributed by atoms with Gasteiger partial charge in [-0.05, 0) is 18.6 Å². The molecule has 0 radical (unpaired) electrons. The number of nitrogens with two attached hydrogens (primary N) is 2. The van der Waals surface area contributed by atoms with Crippen LogP contribution in [0.1, 0.15) is 40.5 Å². The van der Waals surface area contributed by atoms with Crippen LogP contribution in [0.3, 0.4) is 0 Å². The summed E-state index contributed by atoms with van der Waals surface area (Å²) >= 11 is 0. The second-order valence-electron chi connectivity index (χ2n) is 3.43. The van der Waals surface area contributed by atoms with E-state index in [9.17, 15) is 14.0 Å². The third kappa shape index (κ3) is 2.18. The largest absolute Gasteiger partial charge is 0.396 e. The molecule has 1 rings (SSSR count). The Kier molecular flexibility index (Phi) is 3.60. The van der Waals surface area contributed by atoms with E-state index in [0.717, 1.165) is 0 Å². The van der Waals surface area contributed by atoms with Gasteiger partial charge in [0.05, 0.1) is 11.3 Å². The van der Waals surface area contributed by atoms with E-state index in [-0.39, 0.29) is 22.6 Å². The average Bonchev–Trinajstić information content (AvgIpc) is 2.21. The highest BCUT2D eigenvalue weighted by molar-refractivity contribution is 6.03. The molecule has 0 heterocycles. The number of halogens is 1. The molecule has 0 atom stereocenters. The Bertz CT molecular complexity index is 444. The van der Waals surface area contributed by atoms with Crippen molar-refractivity contribution in [3.8, 4) is 0 Å². The first-order chi connectivity index (χ1) is 7.49. The van der Waals surface area contributed by atoms with E-state index in [1.165, 1.54) is 12.1 Å². The fourth-order valence-corrected chi connectivity index (χ4v) is 1.39. The number of carbonyl (C=O) groups excluding carboxylic acids is 2. The summed E-state index contributed by atoms with van der Waals surface area (Å²) < 4.78 is 13.5. The van der Waals surface area contributed by atoms with Gasteiger partial charge in [0.2, 0.25) is 0 Å². The van der Waals surface area contributed by atoms with Gasteiger partial charge in [0.15, 0.2) is 11.6 Å². The van der Waals surface area contributed by atoms with E-state index >= 15 is 0 Å². The van der Waals surface area contributed by atoms with E-state index < -0.39 is 11.7 Å². The molecule has 86 valence electrons. The molecule has 1 aromatic carbocycles. The first kappa shape index (κ1) is 12.2. The zero-order chi connectivity index (χ0) is 12.3. The van der Waals surface area contributed by atoms with Crippen LogP contribution in [0, 0.1) is 5.82 Å². The second-order valence-corrected chi connectivity index (χ2v) is 3.43. The Morgan fingerprint density at radius 1 is 1.31 bits per heavy atom. The van der Waals surface area contributed by atoms with Crippen LogP contribution in [0.5, 0.6) is 0 Å². The molecule has 0 unspecified atom stereocenters. The molecule has 5 heteroatoms. The molecule has 0 fully saturated rings. The van der Waals surface area contributed by atoms with Crippen LogP contribution in [-0.4, -0.2) is 11.7 Å². The third-order valence-corrected chi connectivity index (χ3v) is 2.22. The van der Waals surface area contributed by atoms with E-state index in [1.54, 1.807) is 0 Å². The maximum atomic E-state index is 13.5. The molecule has 0 aromatic heterocycles. The molecule has 0 spiro atoms. The van der Waals surface area contributed by atoms with E-state index in [4.69, 9.17) is 11.5 Å². The van der Waals surface area contributed by atoms with Crippen molar-refractivity contribution in [2.45, 2.75) is 19.8 Å². The smallest absolute Gasteiger partial charge is 0.251 e. The van der Waals surface area contributed by atoms with Crippen LogP contribution >= 0.6 is 0 Å². The molecule has 0 aliphatic carbocycles. The minimum atomic E-state index is -0.922. The quantitative estimate of drug-likeness (QED) is 0.600. The van der Waals surface area contributed by atoms with Gasteiger partial charge in [0, 0.05) is 12.0 Å². The van der Waals surface area contributed by atoms with Gasteiger partial charge in [0.1, 0.15) is 0 Å².